The molecule has 186 valence electrons. The van der Waals surface area contributed by atoms with Gasteiger partial charge in [0.05, 0.1) is 24.9 Å². The number of benzene rings is 3. The first kappa shape index (κ1) is 25.0. The van der Waals surface area contributed by atoms with E-state index in [2.05, 4.69) is 35.5 Å². The Morgan fingerprint density at radius 3 is 2.00 bits per heavy atom. The summed E-state index contributed by atoms with van der Waals surface area (Å²) >= 11 is 2.02. The van der Waals surface area contributed by atoms with Gasteiger partial charge in [-0.25, -0.2) is 0 Å². The molecule has 0 amide bonds. The van der Waals surface area contributed by atoms with E-state index in [0.717, 1.165) is 36.6 Å². The molecule has 5 nitrogen and oxygen atoms in total. The summed E-state index contributed by atoms with van der Waals surface area (Å²) < 4.78 is 6.77. The van der Waals surface area contributed by atoms with Gasteiger partial charge in [-0.05, 0) is 29.2 Å². The zero-order valence-electron chi connectivity index (χ0n) is 20.0. The number of halogens is 1. The van der Waals surface area contributed by atoms with E-state index in [1.807, 2.05) is 72.4 Å². The first-order valence-electron chi connectivity index (χ1n) is 12.4. The van der Waals surface area contributed by atoms with Crippen LogP contribution in [-0.4, -0.2) is 44.6 Å². The van der Waals surface area contributed by atoms with Crippen molar-refractivity contribution in [1.82, 2.24) is 10.1 Å². The second-order valence-electron chi connectivity index (χ2n) is 9.89. The summed E-state index contributed by atoms with van der Waals surface area (Å²) in [7, 11) is 0. The Morgan fingerprint density at radius 2 is 1.42 bits per heavy atom. The van der Waals surface area contributed by atoms with Crippen LogP contribution in [0.1, 0.15) is 35.7 Å². The highest BCUT2D eigenvalue weighted by molar-refractivity contribution is 8.00. The predicted octanol–water partition coefficient (Wildman–Crippen LogP) is 2.26. The first-order valence-corrected chi connectivity index (χ1v) is 13.3. The molecule has 3 aliphatic rings. The van der Waals surface area contributed by atoms with Gasteiger partial charge in [0.25, 0.3) is 5.89 Å². The standard InChI is InChI=1S/C29H30N3O2S.ClH/c33-29(23-10-4-1-5-11-23,24-12-6-2-7-13-24)28-30-27(31-34-28)21-32-18-16-22(17-19-32)26(20-32)35-25-14-8-3-9-15-25;/h1-15,22,26,33H,16-21H2;1H/q+1;/p-1/t22?,26-,32?;/m0./s1. The molecule has 0 unspecified atom stereocenters. The highest BCUT2D eigenvalue weighted by Crippen LogP contribution is 2.43. The molecule has 2 bridgehead atoms. The van der Waals surface area contributed by atoms with Crippen molar-refractivity contribution in [2.24, 2.45) is 5.92 Å². The van der Waals surface area contributed by atoms with Crippen molar-refractivity contribution in [3.8, 4) is 0 Å². The van der Waals surface area contributed by atoms with E-state index in [0.29, 0.717) is 22.2 Å². The summed E-state index contributed by atoms with van der Waals surface area (Å²) in [6.07, 6.45) is 2.49. The SMILES string of the molecule is OC(c1ccccc1)(c1ccccc1)c1nc(C[N+]23CCC(CC2)[C@@H](Sc2ccccc2)C3)no1.[Cl-]. The maximum atomic E-state index is 12.0. The summed E-state index contributed by atoms with van der Waals surface area (Å²) in [6.45, 7) is 4.17. The minimum atomic E-state index is -1.49. The number of aliphatic hydroxyl groups is 1. The van der Waals surface area contributed by atoms with Crippen molar-refractivity contribution in [1.29, 1.82) is 0 Å². The number of nitrogens with zero attached hydrogens (tertiary/aromatic N) is 3. The van der Waals surface area contributed by atoms with Crippen LogP contribution in [-0.2, 0) is 12.1 Å². The van der Waals surface area contributed by atoms with Gasteiger partial charge in [0.1, 0.15) is 6.54 Å². The lowest BCUT2D eigenvalue weighted by molar-refractivity contribution is -0.954. The third kappa shape index (κ3) is 4.71. The second-order valence-corrected chi connectivity index (χ2v) is 11.2. The number of hydrogen-bond donors (Lipinski definition) is 1. The molecule has 7 heteroatoms. The molecule has 0 aliphatic carbocycles. The van der Waals surface area contributed by atoms with Gasteiger partial charge in [-0.1, -0.05) is 84.0 Å². The lowest BCUT2D eigenvalue weighted by atomic mass is 9.85. The van der Waals surface area contributed by atoms with Crippen LogP contribution in [0.5, 0.6) is 0 Å². The summed E-state index contributed by atoms with van der Waals surface area (Å²) in [5.74, 6) is 1.68. The van der Waals surface area contributed by atoms with Gasteiger partial charge in [0, 0.05) is 17.7 Å². The number of thioether (sulfide) groups is 1. The zero-order chi connectivity index (χ0) is 23.7. The molecule has 7 rings (SSSR count). The largest absolute Gasteiger partial charge is 1.00 e. The fourth-order valence-electron chi connectivity index (χ4n) is 5.79. The number of rotatable bonds is 7. The van der Waals surface area contributed by atoms with E-state index in [1.54, 1.807) is 0 Å². The van der Waals surface area contributed by atoms with Gasteiger partial charge < -0.3 is 26.5 Å². The van der Waals surface area contributed by atoms with E-state index in [-0.39, 0.29) is 18.3 Å². The average Bonchev–Trinajstić information content (AvgIpc) is 3.39. The van der Waals surface area contributed by atoms with Gasteiger partial charge in [0.15, 0.2) is 5.60 Å². The summed E-state index contributed by atoms with van der Waals surface area (Å²) in [4.78, 5) is 6.15. The fraction of sp³-hybridized carbons (Fsp3) is 0.310. The van der Waals surface area contributed by atoms with Crippen LogP contribution in [0, 0.1) is 5.92 Å². The molecule has 0 spiro atoms. The van der Waals surface area contributed by atoms with Crippen molar-refractivity contribution in [3.63, 3.8) is 0 Å². The molecule has 36 heavy (non-hydrogen) atoms. The molecule has 3 saturated heterocycles. The van der Waals surface area contributed by atoms with E-state index < -0.39 is 5.60 Å². The minimum Gasteiger partial charge on any atom is -1.00 e. The van der Waals surface area contributed by atoms with Crippen LogP contribution in [0.4, 0.5) is 0 Å². The molecule has 3 aromatic carbocycles. The molecule has 4 heterocycles. The Balaban J connectivity index is 0.00000267. The van der Waals surface area contributed by atoms with Crippen molar-refractivity contribution in [3.05, 3.63) is 114 Å². The maximum absolute atomic E-state index is 12.0. The molecule has 0 saturated carbocycles. The molecule has 1 atom stereocenters. The number of quaternary nitrogens is 1. The third-order valence-electron chi connectivity index (χ3n) is 7.71. The van der Waals surface area contributed by atoms with E-state index >= 15 is 0 Å². The monoisotopic (exact) mass is 519 g/mol. The topological polar surface area (TPSA) is 59.2 Å². The second kappa shape index (κ2) is 10.4. The lowest BCUT2D eigenvalue weighted by Crippen LogP contribution is -3.00. The van der Waals surface area contributed by atoms with Gasteiger partial charge in [-0.3, -0.25) is 0 Å². The zero-order valence-corrected chi connectivity index (χ0v) is 21.6. The highest BCUT2D eigenvalue weighted by Gasteiger charge is 2.47. The van der Waals surface area contributed by atoms with Crippen LogP contribution in [0.25, 0.3) is 0 Å². The Kier molecular flexibility index (Phi) is 7.22. The molecule has 0 radical (unpaired) electrons. The van der Waals surface area contributed by atoms with Gasteiger partial charge in [0.2, 0.25) is 5.82 Å². The van der Waals surface area contributed by atoms with Crippen molar-refractivity contribution in [2.45, 2.75) is 35.1 Å². The number of hydrogen-bond acceptors (Lipinski definition) is 5. The average molecular weight is 520 g/mol. The molecule has 4 aromatic rings. The van der Waals surface area contributed by atoms with Crippen molar-refractivity contribution < 1.29 is 26.5 Å². The van der Waals surface area contributed by atoms with Gasteiger partial charge in [-0.15, -0.1) is 11.8 Å². The maximum Gasteiger partial charge on any atom is 0.268 e. The normalized spacial score (nSPS) is 23.2. The van der Waals surface area contributed by atoms with E-state index in [9.17, 15) is 5.11 Å². The van der Waals surface area contributed by atoms with E-state index in [1.165, 1.54) is 17.7 Å². The number of aromatic nitrogens is 2. The van der Waals surface area contributed by atoms with Crippen LogP contribution >= 0.6 is 11.8 Å². The minimum absolute atomic E-state index is 0. The molecule has 3 fully saturated rings. The highest BCUT2D eigenvalue weighted by atomic mass is 35.5. The van der Waals surface area contributed by atoms with Crippen molar-refractivity contribution in [2.75, 3.05) is 19.6 Å². The van der Waals surface area contributed by atoms with Gasteiger partial charge >= 0.3 is 0 Å². The van der Waals surface area contributed by atoms with Crippen LogP contribution in [0.15, 0.2) is 100 Å². The van der Waals surface area contributed by atoms with Gasteiger partial charge in [-0.2, -0.15) is 4.98 Å². The molecule has 1 aromatic heterocycles. The Morgan fingerprint density at radius 1 is 0.861 bits per heavy atom. The molecule has 1 N–H and O–H groups in total. The Labute approximate surface area is 222 Å². The quantitative estimate of drug-likeness (QED) is 0.380. The fourth-order valence-corrected chi connectivity index (χ4v) is 7.31. The predicted molar refractivity (Wildman–Crippen MR) is 137 cm³/mol. The van der Waals surface area contributed by atoms with Crippen LogP contribution < -0.4 is 12.4 Å². The third-order valence-corrected chi connectivity index (χ3v) is 9.09. The Hall–Kier alpha value is -2.64. The first-order chi connectivity index (χ1) is 17.1. The van der Waals surface area contributed by atoms with E-state index in [4.69, 9.17) is 9.51 Å². The molecular weight excluding hydrogens is 490 g/mol. The molecule has 3 aliphatic heterocycles. The van der Waals surface area contributed by atoms with Crippen LogP contribution in [0.2, 0.25) is 0 Å². The van der Waals surface area contributed by atoms with Crippen molar-refractivity contribution >= 4 is 11.8 Å². The lowest BCUT2D eigenvalue weighted by Gasteiger charge is -2.52. The number of piperidine rings is 3. The summed E-state index contributed by atoms with van der Waals surface area (Å²) in [6, 6.07) is 29.9. The summed E-state index contributed by atoms with van der Waals surface area (Å²) in [5.41, 5.74) is -0.0629. The smallest absolute Gasteiger partial charge is 0.268 e. The Bertz CT molecular complexity index is 1220. The number of fused-ring (bicyclic) bond motifs is 3. The molecular formula is C29H30ClN3O2S. The summed E-state index contributed by atoms with van der Waals surface area (Å²) in [5, 5.41) is 17.0. The van der Waals surface area contributed by atoms with Crippen LogP contribution in [0.3, 0.4) is 0 Å².